The summed E-state index contributed by atoms with van der Waals surface area (Å²) in [6, 6.07) is 19.6. The number of nitrogens with one attached hydrogen (secondary N) is 1. The van der Waals surface area contributed by atoms with Gasteiger partial charge in [-0.2, -0.15) is 0 Å². The van der Waals surface area contributed by atoms with Crippen molar-refractivity contribution < 1.29 is 23.7 Å². The summed E-state index contributed by atoms with van der Waals surface area (Å²) in [5, 5.41) is 7.89. The molecule has 32 heavy (non-hydrogen) atoms. The van der Waals surface area contributed by atoms with Crippen LogP contribution in [0.3, 0.4) is 0 Å². The van der Waals surface area contributed by atoms with Crippen LogP contribution in [0.5, 0.6) is 0 Å². The Morgan fingerprint density at radius 2 is 1.59 bits per heavy atom. The average Bonchev–Trinajstić information content (AvgIpc) is 2.78. The highest BCUT2D eigenvalue weighted by Crippen LogP contribution is 2.32. The number of halogens is 3. The van der Waals surface area contributed by atoms with Gasteiger partial charge in [-0.05, 0) is 11.1 Å². The second kappa shape index (κ2) is 12.2. The lowest BCUT2D eigenvalue weighted by molar-refractivity contribution is -0.254. The van der Waals surface area contributed by atoms with Gasteiger partial charge in [0.1, 0.15) is 12.2 Å². The molecule has 0 aliphatic carbocycles. The zero-order valence-electron chi connectivity index (χ0n) is 17.6. The molecule has 9 heteroatoms. The molecule has 6 nitrogen and oxygen atoms in total. The second-order valence-electron chi connectivity index (χ2n) is 7.32. The Bertz CT molecular complexity index is 835. The molecule has 2 aromatic rings. The first-order chi connectivity index (χ1) is 15.4. The van der Waals surface area contributed by atoms with Gasteiger partial charge in [-0.25, -0.2) is 0 Å². The van der Waals surface area contributed by atoms with Gasteiger partial charge in [0, 0.05) is 13.5 Å². The molecule has 4 atom stereocenters. The third-order valence-corrected chi connectivity index (χ3v) is 5.48. The van der Waals surface area contributed by atoms with Crippen molar-refractivity contribution in [1.29, 1.82) is 5.41 Å². The Balaban J connectivity index is 1.67. The average molecular weight is 503 g/mol. The first-order valence-electron chi connectivity index (χ1n) is 10.1. The summed E-state index contributed by atoms with van der Waals surface area (Å²) < 4.78 is 27.3. The zero-order chi connectivity index (χ0) is 23.0. The Kier molecular flexibility index (Phi) is 9.61. The summed E-state index contributed by atoms with van der Waals surface area (Å²) >= 11 is 17.3. The molecular formula is C23H26Cl3NO5. The highest BCUT2D eigenvalue weighted by Gasteiger charge is 2.42. The van der Waals surface area contributed by atoms with Crippen molar-refractivity contribution in [3.8, 4) is 0 Å². The number of rotatable bonds is 9. The number of hydrogen-bond donors (Lipinski definition) is 1. The molecule has 1 aliphatic heterocycles. The minimum atomic E-state index is -1.98. The van der Waals surface area contributed by atoms with E-state index in [4.69, 9.17) is 63.9 Å². The Hall–Kier alpha value is -1.38. The van der Waals surface area contributed by atoms with Crippen molar-refractivity contribution in [3.63, 3.8) is 0 Å². The van der Waals surface area contributed by atoms with Crippen molar-refractivity contribution in [3.05, 3.63) is 71.8 Å². The van der Waals surface area contributed by atoms with E-state index in [1.807, 2.05) is 60.7 Å². The Morgan fingerprint density at radius 3 is 2.16 bits per heavy atom. The minimum Gasteiger partial charge on any atom is -0.448 e. The van der Waals surface area contributed by atoms with Crippen LogP contribution in [0.25, 0.3) is 0 Å². The highest BCUT2D eigenvalue weighted by atomic mass is 35.6. The summed E-state index contributed by atoms with van der Waals surface area (Å²) in [6.07, 6.45) is -1.85. The maximum atomic E-state index is 7.89. The van der Waals surface area contributed by atoms with Crippen LogP contribution in [-0.2, 0) is 36.9 Å². The van der Waals surface area contributed by atoms with Crippen LogP contribution in [0.4, 0.5) is 0 Å². The predicted octanol–water partition coefficient (Wildman–Crippen LogP) is 5.28. The molecule has 1 aliphatic rings. The summed E-state index contributed by atoms with van der Waals surface area (Å²) in [5.74, 6) is -0.519. The molecular weight excluding hydrogens is 477 g/mol. The van der Waals surface area contributed by atoms with Crippen LogP contribution in [0.1, 0.15) is 17.5 Å². The van der Waals surface area contributed by atoms with Crippen LogP contribution < -0.4 is 0 Å². The Labute approximate surface area is 203 Å². The fourth-order valence-electron chi connectivity index (χ4n) is 3.41. The quantitative estimate of drug-likeness (QED) is 0.287. The number of ether oxygens (including phenoxy) is 5. The monoisotopic (exact) mass is 501 g/mol. The van der Waals surface area contributed by atoms with Gasteiger partial charge in [0.05, 0.1) is 25.9 Å². The summed E-state index contributed by atoms with van der Waals surface area (Å²) in [5.41, 5.74) is 2.07. The first kappa shape index (κ1) is 25.2. The maximum absolute atomic E-state index is 7.89. The van der Waals surface area contributed by atoms with E-state index in [2.05, 4.69) is 0 Å². The molecule has 1 saturated heterocycles. The summed E-state index contributed by atoms with van der Waals surface area (Å²) in [7, 11) is 1.60. The molecule has 0 radical (unpaired) electrons. The van der Waals surface area contributed by atoms with E-state index in [0.29, 0.717) is 19.6 Å². The van der Waals surface area contributed by atoms with Crippen LogP contribution in [0.2, 0.25) is 0 Å². The van der Waals surface area contributed by atoms with Gasteiger partial charge in [0.25, 0.3) is 3.79 Å². The molecule has 1 fully saturated rings. The molecule has 0 aromatic heterocycles. The lowest BCUT2D eigenvalue weighted by Crippen LogP contribution is -2.53. The van der Waals surface area contributed by atoms with Gasteiger partial charge >= 0.3 is 0 Å². The topological polar surface area (TPSA) is 70.0 Å². The maximum Gasteiger partial charge on any atom is 0.265 e. The third kappa shape index (κ3) is 7.59. The molecule has 0 spiro atoms. The van der Waals surface area contributed by atoms with Crippen molar-refractivity contribution >= 4 is 40.7 Å². The lowest BCUT2D eigenvalue weighted by Gasteiger charge is -2.40. The number of alkyl halides is 3. The number of hydrogen-bond acceptors (Lipinski definition) is 6. The van der Waals surface area contributed by atoms with Crippen molar-refractivity contribution in [2.24, 2.45) is 0 Å². The van der Waals surface area contributed by atoms with E-state index in [-0.39, 0.29) is 12.7 Å². The van der Waals surface area contributed by atoms with Crippen molar-refractivity contribution in [2.45, 2.75) is 48.0 Å². The summed E-state index contributed by atoms with van der Waals surface area (Å²) in [4.78, 5) is 0. The van der Waals surface area contributed by atoms with E-state index in [1.165, 1.54) is 0 Å². The van der Waals surface area contributed by atoms with E-state index >= 15 is 0 Å². The van der Waals surface area contributed by atoms with Gasteiger partial charge in [0.15, 0.2) is 0 Å². The largest absolute Gasteiger partial charge is 0.448 e. The lowest BCUT2D eigenvalue weighted by atomic mass is 10.0. The standard InChI is InChI=1S/C23H26Cl3NO5/c1-28-21-18(30-14-17-10-6-3-7-11-17)12-20(32-22(27)23(24,25)26)31-19(21)15-29-13-16-8-4-2-5-9-16/h2-11,18-21,27H,12-15H2,1H3/t18-,19-,20?,21+/m1/s1. The second-order valence-corrected chi connectivity index (χ2v) is 9.60. The van der Waals surface area contributed by atoms with Crippen LogP contribution >= 0.6 is 34.8 Å². The van der Waals surface area contributed by atoms with Crippen LogP contribution in [0.15, 0.2) is 60.7 Å². The van der Waals surface area contributed by atoms with Gasteiger partial charge < -0.3 is 23.7 Å². The smallest absolute Gasteiger partial charge is 0.265 e. The summed E-state index contributed by atoms with van der Waals surface area (Å²) in [6.45, 7) is 1.04. The van der Waals surface area contributed by atoms with Gasteiger partial charge in [-0.3, -0.25) is 5.41 Å². The molecule has 3 rings (SSSR count). The molecule has 174 valence electrons. The molecule has 1 N–H and O–H groups in total. The minimum absolute atomic E-state index is 0.236. The molecule has 1 heterocycles. The van der Waals surface area contributed by atoms with E-state index in [0.717, 1.165) is 11.1 Å². The van der Waals surface area contributed by atoms with Crippen molar-refractivity contribution in [1.82, 2.24) is 0 Å². The van der Waals surface area contributed by atoms with Crippen molar-refractivity contribution in [2.75, 3.05) is 13.7 Å². The molecule has 0 amide bonds. The predicted molar refractivity (Wildman–Crippen MR) is 124 cm³/mol. The zero-order valence-corrected chi connectivity index (χ0v) is 19.9. The van der Waals surface area contributed by atoms with Crippen LogP contribution in [0, 0.1) is 5.41 Å². The third-order valence-electron chi connectivity index (χ3n) is 4.96. The first-order valence-corrected chi connectivity index (χ1v) is 11.3. The van der Waals surface area contributed by atoms with Gasteiger partial charge in [-0.15, -0.1) is 0 Å². The van der Waals surface area contributed by atoms with E-state index in [9.17, 15) is 0 Å². The molecule has 0 saturated carbocycles. The fourth-order valence-corrected chi connectivity index (χ4v) is 3.54. The normalized spacial score (nSPS) is 23.6. The van der Waals surface area contributed by atoms with E-state index < -0.39 is 28.2 Å². The number of methoxy groups -OCH3 is 1. The fraction of sp³-hybridized carbons (Fsp3) is 0.435. The number of benzene rings is 2. The van der Waals surface area contributed by atoms with Gasteiger partial charge in [-0.1, -0.05) is 95.5 Å². The Morgan fingerprint density at radius 1 is 1.00 bits per heavy atom. The van der Waals surface area contributed by atoms with Gasteiger partial charge in [0.2, 0.25) is 12.2 Å². The van der Waals surface area contributed by atoms with E-state index in [1.54, 1.807) is 7.11 Å². The molecule has 2 aromatic carbocycles. The molecule has 0 bridgehead atoms. The van der Waals surface area contributed by atoms with Crippen LogP contribution in [-0.4, -0.2) is 48.0 Å². The SMILES string of the molecule is CO[C@H]1[C@H](OCc2ccccc2)CC(OC(=N)C(Cl)(Cl)Cl)O[C@@H]1COCc1ccccc1. The highest BCUT2D eigenvalue weighted by molar-refractivity contribution is 6.76. The molecule has 1 unspecified atom stereocenters.